The summed E-state index contributed by atoms with van der Waals surface area (Å²) in [5, 5.41) is 0. The number of rotatable bonds is 1. The molecule has 0 aliphatic carbocycles. The predicted octanol–water partition coefficient (Wildman–Crippen LogP) is 1.68. The van der Waals surface area contributed by atoms with Crippen LogP contribution in [0.1, 0.15) is 0 Å². The molecule has 0 aliphatic heterocycles. The highest BCUT2D eigenvalue weighted by atomic mass is 14.6. The molecule has 0 saturated carbocycles. The third kappa shape index (κ3) is 1.72. The van der Waals surface area contributed by atoms with Gasteiger partial charge in [-0.3, -0.25) is 0 Å². The quantitative estimate of drug-likeness (QED) is 0.542. The highest BCUT2D eigenvalue weighted by Crippen LogP contribution is 2.33. The first kappa shape index (κ1) is 10.2. The lowest BCUT2D eigenvalue weighted by atomic mass is 10.0. The van der Waals surface area contributed by atoms with E-state index in [1.54, 1.807) is 30.3 Å². The van der Waals surface area contributed by atoms with Crippen molar-refractivity contribution in [1.82, 2.24) is 0 Å². The number of nitrogen functional groups attached to an aromatic ring is 4. The van der Waals surface area contributed by atoms with Crippen LogP contribution in [0.2, 0.25) is 0 Å². The Balaban J connectivity index is 2.62. The van der Waals surface area contributed by atoms with Crippen molar-refractivity contribution < 1.29 is 0 Å². The van der Waals surface area contributed by atoms with Gasteiger partial charge in [-0.2, -0.15) is 0 Å². The molecule has 4 nitrogen and oxygen atoms in total. The fourth-order valence-corrected chi connectivity index (χ4v) is 1.63. The van der Waals surface area contributed by atoms with Crippen molar-refractivity contribution in [1.29, 1.82) is 0 Å². The molecular formula is C12H14N4. The Morgan fingerprint density at radius 3 is 1.88 bits per heavy atom. The number of nitrogens with two attached hydrogens (primary N) is 4. The van der Waals surface area contributed by atoms with Crippen LogP contribution in [0.15, 0.2) is 36.4 Å². The lowest BCUT2D eigenvalue weighted by molar-refractivity contribution is 1.59. The standard InChI is InChI=1S/C12H14N4/c13-7-2-4-11(15)10(5-7)9-3-1-8(14)6-12(9)16/h1-6H,13-16H2. The molecule has 0 bridgehead atoms. The average Bonchev–Trinajstić information content (AvgIpc) is 2.22. The van der Waals surface area contributed by atoms with E-state index < -0.39 is 0 Å². The van der Waals surface area contributed by atoms with Crippen LogP contribution in [0.25, 0.3) is 11.1 Å². The van der Waals surface area contributed by atoms with Crippen molar-refractivity contribution in [2.45, 2.75) is 0 Å². The first-order chi connectivity index (χ1) is 7.58. The third-order valence-corrected chi connectivity index (χ3v) is 2.44. The SMILES string of the molecule is Nc1ccc(-c2cc(N)ccc2N)c(N)c1. The predicted molar refractivity (Wildman–Crippen MR) is 69.5 cm³/mol. The maximum atomic E-state index is 5.90. The van der Waals surface area contributed by atoms with Crippen LogP contribution in [0.3, 0.4) is 0 Å². The van der Waals surface area contributed by atoms with Crippen molar-refractivity contribution in [2.24, 2.45) is 0 Å². The Hall–Kier alpha value is -2.36. The molecule has 2 rings (SSSR count). The van der Waals surface area contributed by atoms with E-state index in [9.17, 15) is 0 Å². The number of benzene rings is 2. The third-order valence-electron chi connectivity index (χ3n) is 2.44. The molecule has 8 N–H and O–H groups in total. The van der Waals surface area contributed by atoms with E-state index in [1.807, 2.05) is 6.07 Å². The minimum atomic E-state index is 0.595. The molecule has 0 aliphatic rings. The average molecular weight is 214 g/mol. The number of anilines is 4. The van der Waals surface area contributed by atoms with Gasteiger partial charge in [0.1, 0.15) is 0 Å². The largest absolute Gasteiger partial charge is 0.399 e. The van der Waals surface area contributed by atoms with Crippen LogP contribution in [-0.2, 0) is 0 Å². The zero-order valence-corrected chi connectivity index (χ0v) is 8.77. The summed E-state index contributed by atoms with van der Waals surface area (Å²) in [6, 6.07) is 10.7. The monoisotopic (exact) mass is 214 g/mol. The normalized spacial score (nSPS) is 10.2. The summed E-state index contributed by atoms with van der Waals surface area (Å²) >= 11 is 0. The van der Waals surface area contributed by atoms with Crippen LogP contribution in [0.5, 0.6) is 0 Å². The van der Waals surface area contributed by atoms with Crippen LogP contribution in [0.4, 0.5) is 22.7 Å². The Bertz CT molecular complexity index is 535. The molecular weight excluding hydrogens is 200 g/mol. The van der Waals surface area contributed by atoms with Crippen molar-refractivity contribution in [3.05, 3.63) is 36.4 Å². The van der Waals surface area contributed by atoms with Gasteiger partial charge in [-0.05, 0) is 30.3 Å². The van der Waals surface area contributed by atoms with Gasteiger partial charge in [0.15, 0.2) is 0 Å². The van der Waals surface area contributed by atoms with E-state index in [-0.39, 0.29) is 0 Å². The van der Waals surface area contributed by atoms with E-state index in [0.717, 1.165) is 11.1 Å². The first-order valence-corrected chi connectivity index (χ1v) is 4.88. The van der Waals surface area contributed by atoms with E-state index in [4.69, 9.17) is 22.9 Å². The van der Waals surface area contributed by atoms with Gasteiger partial charge in [0.25, 0.3) is 0 Å². The van der Waals surface area contributed by atoms with Crippen LogP contribution >= 0.6 is 0 Å². The summed E-state index contributed by atoms with van der Waals surface area (Å²) in [5.74, 6) is 0. The summed E-state index contributed by atoms with van der Waals surface area (Å²) in [6.07, 6.45) is 0. The molecule has 0 spiro atoms. The molecule has 0 aromatic heterocycles. The maximum Gasteiger partial charge on any atom is 0.0415 e. The highest BCUT2D eigenvalue weighted by Gasteiger charge is 2.06. The van der Waals surface area contributed by atoms with Gasteiger partial charge < -0.3 is 22.9 Å². The Kier molecular flexibility index (Phi) is 2.32. The molecule has 0 heterocycles. The molecule has 0 saturated heterocycles. The molecule has 0 radical (unpaired) electrons. The molecule has 0 fully saturated rings. The van der Waals surface area contributed by atoms with Crippen LogP contribution in [-0.4, -0.2) is 0 Å². The molecule has 82 valence electrons. The van der Waals surface area contributed by atoms with Crippen LogP contribution < -0.4 is 22.9 Å². The van der Waals surface area contributed by atoms with E-state index in [1.165, 1.54) is 0 Å². The van der Waals surface area contributed by atoms with E-state index in [0.29, 0.717) is 22.7 Å². The summed E-state index contributed by atoms with van der Waals surface area (Å²) in [6.45, 7) is 0. The van der Waals surface area contributed by atoms with Crippen LogP contribution in [0, 0.1) is 0 Å². The Morgan fingerprint density at radius 2 is 1.19 bits per heavy atom. The Morgan fingerprint density at radius 1 is 0.562 bits per heavy atom. The summed E-state index contributed by atoms with van der Waals surface area (Å²) in [4.78, 5) is 0. The molecule has 16 heavy (non-hydrogen) atoms. The van der Waals surface area contributed by atoms with Gasteiger partial charge >= 0.3 is 0 Å². The van der Waals surface area contributed by atoms with Gasteiger partial charge in [-0.25, -0.2) is 0 Å². The maximum absolute atomic E-state index is 5.90. The topological polar surface area (TPSA) is 104 Å². The summed E-state index contributed by atoms with van der Waals surface area (Å²) < 4.78 is 0. The second-order valence-electron chi connectivity index (χ2n) is 3.69. The second-order valence-corrected chi connectivity index (χ2v) is 3.69. The first-order valence-electron chi connectivity index (χ1n) is 4.88. The van der Waals surface area contributed by atoms with Crippen molar-refractivity contribution >= 4 is 22.7 Å². The van der Waals surface area contributed by atoms with Crippen molar-refractivity contribution in [3.8, 4) is 11.1 Å². The van der Waals surface area contributed by atoms with Crippen molar-refractivity contribution in [3.63, 3.8) is 0 Å². The van der Waals surface area contributed by atoms with Gasteiger partial charge in [0, 0.05) is 33.9 Å². The zero-order valence-electron chi connectivity index (χ0n) is 8.77. The molecule has 4 heteroatoms. The molecule has 0 atom stereocenters. The lowest BCUT2D eigenvalue weighted by Gasteiger charge is -2.10. The molecule has 2 aromatic rings. The molecule has 2 aromatic carbocycles. The fraction of sp³-hybridized carbons (Fsp3) is 0. The van der Waals surface area contributed by atoms with Gasteiger partial charge in [0.2, 0.25) is 0 Å². The lowest BCUT2D eigenvalue weighted by Crippen LogP contribution is -1.97. The smallest absolute Gasteiger partial charge is 0.0415 e. The minimum Gasteiger partial charge on any atom is -0.399 e. The number of hydrogen-bond acceptors (Lipinski definition) is 4. The van der Waals surface area contributed by atoms with Gasteiger partial charge in [-0.15, -0.1) is 0 Å². The molecule has 0 unspecified atom stereocenters. The fourth-order valence-electron chi connectivity index (χ4n) is 1.63. The molecule has 0 amide bonds. The summed E-state index contributed by atoms with van der Waals surface area (Å²) in [7, 11) is 0. The minimum absolute atomic E-state index is 0.595. The van der Waals surface area contributed by atoms with E-state index >= 15 is 0 Å². The summed E-state index contributed by atoms with van der Waals surface area (Å²) in [5.41, 5.74) is 27.3. The highest BCUT2D eigenvalue weighted by molar-refractivity contribution is 5.87. The Labute approximate surface area is 93.8 Å². The second kappa shape index (κ2) is 3.66. The van der Waals surface area contributed by atoms with Gasteiger partial charge in [0.05, 0.1) is 0 Å². The van der Waals surface area contributed by atoms with Gasteiger partial charge in [-0.1, -0.05) is 6.07 Å². The van der Waals surface area contributed by atoms with E-state index in [2.05, 4.69) is 0 Å². The van der Waals surface area contributed by atoms with Crippen molar-refractivity contribution in [2.75, 3.05) is 22.9 Å². The zero-order chi connectivity index (χ0) is 11.7. The number of hydrogen-bond donors (Lipinski definition) is 4.